The van der Waals surface area contributed by atoms with E-state index in [1.807, 2.05) is 22.6 Å². The first-order chi connectivity index (χ1) is 7.02. The molecule has 5 N–H and O–H groups in total. The van der Waals surface area contributed by atoms with Crippen molar-refractivity contribution in [3.63, 3.8) is 0 Å². The Hall–Kier alpha value is 0.0400. The highest BCUT2D eigenvalue weighted by Gasteiger charge is 2.44. The van der Waals surface area contributed by atoms with Gasteiger partial charge in [0.2, 0.25) is 5.91 Å². The maximum absolute atomic E-state index is 11.4. The van der Waals surface area contributed by atoms with Gasteiger partial charge in [0.05, 0.1) is 28.8 Å². The van der Waals surface area contributed by atoms with E-state index in [2.05, 4.69) is 10.6 Å². The van der Waals surface area contributed by atoms with Gasteiger partial charge in [0.25, 0.3) is 0 Å². The summed E-state index contributed by atoms with van der Waals surface area (Å²) in [4.78, 5) is 11.4. The van der Waals surface area contributed by atoms with E-state index in [-0.39, 0.29) is 12.5 Å². The Labute approximate surface area is 101 Å². The van der Waals surface area contributed by atoms with Crippen LogP contribution in [0.15, 0.2) is 0 Å². The summed E-state index contributed by atoms with van der Waals surface area (Å²) in [5, 5.41) is 33.5. The van der Waals surface area contributed by atoms with Crippen molar-refractivity contribution in [3.05, 3.63) is 0 Å². The van der Waals surface area contributed by atoms with Gasteiger partial charge in [0.15, 0.2) is 0 Å². The monoisotopic (exact) mass is 330 g/mol. The Kier molecular flexibility index (Phi) is 4.71. The number of carbonyl (C=O) groups excluding carboxylic acids is 1. The first-order valence-electron chi connectivity index (χ1n) is 4.61. The number of aliphatic hydroxyl groups excluding tert-OH is 3. The van der Waals surface area contributed by atoms with Crippen molar-refractivity contribution >= 4 is 28.5 Å². The van der Waals surface area contributed by atoms with Gasteiger partial charge in [-0.2, -0.15) is 0 Å². The summed E-state index contributed by atoms with van der Waals surface area (Å²) in [6.07, 6.45) is -1.84. The van der Waals surface area contributed by atoms with Gasteiger partial charge in [-0.25, -0.2) is 0 Å². The molecule has 0 aromatic carbocycles. The maximum atomic E-state index is 11.4. The Morgan fingerprint density at radius 2 is 2.07 bits per heavy atom. The molecular formula is C8H15IN2O4. The van der Waals surface area contributed by atoms with Crippen LogP contribution in [-0.2, 0) is 4.79 Å². The number of carbonyl (C=O) groups is 1. The van der Waals surface area contributed by atoms with E-state index < -0.39 is 28.2 Å². The molecule has 0 bridgehead atoms. The SMILES string of the molecule is CNC(=O)[C@H]1N[C@H](CO)[C@@H](O)[C@@H](I)[C@@H]1O. The van der Waals surface area contributed by atoms with Crippen LogP contribution >= 0.6 is 22.6 Å². The number of amides is 1. The molecule has 0 radical (unpaired) electrons. The second-order valence-corrected chi connectivity index (χ2v) is 4.91. The van der Waals surface area contributed by atoms with E-state index in [1.54, 1.807) is 0 Å². The van der Waals surface area contributed by atoms with Crippen LogP contribution in [-0.4, -0.2) is 63.1 Å². The van der Waals surface area contributed by atoms with Gasteiger partial charge in [-0.1, -0.05) is 22.6 Å². The average Bonchev–Trinajstić information content (AvgIpc) is 2.25. The number of halogens is 1. The van der Waals surface area contributed by atoms with Gasteiger partial charge in [-0.05, 0) is 0 Å². The second kappa shape index (κ2) is 5.39. The highest BCUT2D eigenvalue weighted by Crippen LogP contribution is 2.22. The molecule has 0 aliphatic carbocycles. The molecule has 1 fully saturated rings. The minimum absolute atomic E-state index is 0.277. The van der Waals surface area contributed by atoms with Gasteiger partial charge >= 0.3 is 0 Å². The summed E-state index contributed by atoms with van der Waals surface area (Å²) in [5.41, 5.74) is 0. The lowest BCUT2D eigenvalue weighted by Gasteiger charge is -2.40. The number of hydrogen-bond donors (Lipinski definition) is 5. The van der Waals surface area contributed by atoms with Gasteiger partial charge in [0, 0.05) is 7.05 Å². The Balaban J connectivity index is 2.78. The molecule has 6 nitrogen and oxygen atoms in total. The lowest BCUT2D eigenvalue weighted by molar-refractivity contribution is -0.128. The predicted octanol–water partition coefficient (Wildman–Crippen LogP) is -2.41. The van der Waals surface area contributed by atoms with Gasteiger partial charge in [0.1, 0.15) is 6.04 Å². The molecule has 15 heavy (non-hydrogen) atoms. The van der Waals surface area contributed by atoms with E-state index in [1.165, 1.54) is 7.05 Å². The molecular weight excluding hydrogens is 315 g/mol. The first-order valence-corrected chi connectivity index (χ1v) is 5.86. The Bertz CT molecular complexity index is 239. The molecule has 1 amide bonds. The zero-order valence-electron chi connectivity index (χ0n) is 8.22. The van der Waals surface area contributed by atoms with E-state index in [4.69, 9.17) is 5.11 Å². The summed E-state index contributed by atoms with van der Waals surface area (Å²) >= 11 is 1.88. The highest BCUT2D eigenvalue weighted by atomic mass is 127. The Morgan fingerprint density at radius 1 is 1.47 bits per heavy atom. The molecule has 7 heteroatoms. The molecule has 1 aliphatic heterocycles. The molecule has 5 atom stereocenters. The van der Waals surface area contributed by atoms with Crippen molar-refractivity contribution in [2.24, 2.45) is 0 Å². The van der Waals surface area contributed by atoms with Crippen molar-refractivity contribution < 1.29 is 20.1 Å². The summed E-state index contributed by atoms with van der Waals surface area (Å²) < 4.78 is -0.483. The van der Waals surface area contributed by atoms with Crippen molar-refractivity contribution in [1.82, 2.24) is 10.6 Å². The zero-order chi connectivity index (χ0) is 11.6. The van der Waals surface area contributed by atoms with Crippen molar-refractivity contribution in [2.45, 2.75) is 28.2 Å². The zero-order valence-corrected chi connectivity index (χ0v) is 10.4. The van der Waals surface area contributed by atoms with E-state index >= 15 is 0 Å². The Morgan fingerprint density at radius 3 is 2.53 bits per heavy atom. The summed E-state index contributed by atoms with van der Waals surface area (Å²) in [6, 6.07) is -1.38. The number of nitrogens with one attached hydrogen (secondary N) is 2. The fraction of sp³-hybridized carbons (Fsp3) is 0.875. The quantitative estimate of drug-likeness (QED) is 0.287. The molecule has 0 unspecified atom stereocenters. The van der Waals surface area contributed by atoms with E-state index in [0.717, 1.165) is 0 Å². The van der Waals surface area contributed by atoms with Crippen LogP contribution in [0.3, 0.4) is 0 Å². The lowest BCUT2D eigenvalue weighted by Crippen LogP contribution is -2.67. The summed E-state index contributed by atoms with van der Waals surface area (Å²) in [7, 11) is 1.47. The molecule has 0 aromatic rings. The van der Waals surface area contributed by atoms with Crippen LogP contribution in [0.2, 0.25) is 0 Å². The molecule has 1 rings (SSSR count). The normalized spacial score (nSPS) is 41.3. The molecule has 1 aliphatic rings. The van der Waals surface area contributed by atoms with Crippen molar-refractivity contribution in [1.29, 1.82) is 0 Å². The number of aliphatic hydroxyl groups is 3. The number of hydrogen-bond acceptors (Lipinski definition) is 5. The second-order valence-electron chi connectivity index (χ2n) is 3.47. The van der Waals surface area contributed by atoms with Crippen LogP contribution in [0.4, 0.5) is 0 Å². The van der Waals surface area contributed by atoms with Crippen LogP contribution in [0, 0.1) is 0 Å². The fourth-order valence-corrected chi connectivity index (χ4v) is 2.50. The van der Waals surface area contributed by atoms with Crippen LogP contribution in [0.5, 0.6) is 0 Å². The van der Waals surface area contributed by atoms with E-state index in [0.29, 0.717) is 0 Å². The topological polar surface area (TPSA) is 102 Å². The third-order valence-corrected chi connectivity index (χ3v) is 4.00. The standard InChI is InChI=1S/C8H15IN2O4/c1-10-8(15)5-7(14)4(9)6(13)3(2-12)11-5/h3-7,11-14H,2H2,1H3,(H,10,15)/t3-,4-,5+,6-,7+/m1/s1. The van der Waals surface area contributed by atoms with Gasteiger partial charge in [-0.3, -0.25) is 10.1 Å². The highest BCUT2D eigenvalue weighted by molar-refractivity contribution is 14.1. The molecule has 1 heterocycles. The van der Waals surface area contributed by atoms with Crippen molar-refractivity contribution in [2.75, 3.05) is 13.7 Å². The van der Waals surface area contributed by atoms with Crippen molar-refractivity contribution in [3.8, 4) is 0 Å². The molecule has 88 valence electrons. The maximum Gasteiger partial charge on any atom is 0.239 e. The fourth-order valence-electron chi connectivity index (χ4n) is 1.58. The van der Waals surface area contributed by atoms with Gasteiger partial charge < -0.3 is 20.6 Å². The minimum Gasteiger partial charge on any atom is -0.395 e. The molecule has 0 spiro atoms. The van der Waals surface area contributed by atoms with E-state index in [9.17, 15) is 15.0 Å². The third-order valence-electron chi connectivity index (χ3n) is 2.53. The van der Waals surface area contributed by atoms with Gasteiger partial charge in [-0.15, -0.1) is 0 Å². The first kappa shape index (κ1) is 13.1. The summed E-state index contributed by atoms with van der Waals surface area (Å²) in [5.74, 6) is -0.352. The predicted molar refractivity (Wildman–Crippen MR) is 61.7 cm³/mol. The largest absolute Gasteiger partial charge is 0.395 e. The summed E-state index contributed by atoms with van der Waals surface area (Å²) in [6.45, 7) is -0.277. The van der Waals surface area contributed by atoms with Crippen LogP contribution < -0.4 is 10.6 Å². The number of likely N-dealkylation sites (N-methyl/N-ethyl adjacent to an activating group) is 1. The molecule has 0 saturated carbocycles. The molecule has 1 saturated heterocycles. The van der Waals surface area contributed by atoms with Crippen LogP contribution in [0.25, 0.3) is 0 Å². The number of rotatable bonds is 2. The lowest BCUT2D eigenvalue weighted by atomic mass is 9.93. The number of piperidine rings is 1. The smallest absolute Gasteiger partial charge is 0.239 e. The molecule has 0 aromatic heterocycles. The number of alkyl halides is 1. The third kappa shape index (κ3) is 2.59. The minimum atomic E-state index is -0.969. The average molecular weight is 330 g/mol. The van der Waals surface area contributed by atoms with Crippen LogP contribution in [0.1, 0.15) is 0 Å².